The molecule has 3 aromatic rings. The van der Waals surface area contributed by atoms with Crippen LogP contribution in [0.4, 0.5) is 0 Å². The van der Waals surface area contributed by atoms with Crippen molar-refractivity contribution >= 4 is 22.0 Å². The van der Waals surface area contributed by atoms with Crippen molar-refractivity contribution in [3.63, 3.8) is 0 Å². The molecule has 0 aliphatic heterocycles. The highest BCUT2D eigenvalue weighted by molar-refractivity contribution is 5.99. The molecule has 0 atom stereocenters. The second-order valence-corrected chi connectivity index (χ2v) is 3.02. The molecule has 0 aliphatic rings. The summed E-state index contributed by atoms with van der Waals surface area (Å²) < 4.78 is 5.03. The SMILES string of the molecule is O=c1oc2cncnc2c2cccnc12. The largest absolute Gasteiger partial charge is 0.418 e. The van der Waals surface area contributed by atoms with Gasteiger partial charge in [-0.1, -0.05) is 0 Å². The summed E-state index contributed by atoms with van der Waals surface area (Å²) in [6.07, 6.45) is 4.43. The first-order chi connectivity index (χ1) is 7.36. The molecule has 3 heterocycles. The molecular formula is C10H5N3O2. The Morgan fingerprint density at radius 3 is 3.07 bits per heavy atom. The van der Waals surface area contributed by atoms with Crippen LogP contribution in [0.15, 0.2) is 40.1 Å². The maximum atomic E-state index is 11.5. The minimum Gasteiger partial charge on any atom is -0.418 e. The summed E-state index contributed by atoms with van der Waals surface area (Å²) in [6, 6.07) is 3.54. The fourth-order valence-electron chi connectivity index (χ4n) is 1.50. The zero-order valence-corrected chi connectivity index (χ0v) is 7.54. The number of rotatable bonds is 0. The van der Waals surface area contributed by atoms with Crippen LogP contribution >= 0.6 is 0 Å². The molecule has 0 saturated carbocycles. The van der Waals surface area contributed by atoms with Gasteiger partial charge in [0.1, 0.15) is 11.8 Å². The van der Waals surface area contributed by atoms with Gasteiger partial charge in [-0.3, -0.25) is 0 Å². The molecule has 15 heavy (non-hydrogen) atoms. The average Bonchev–Trinajstić information content (AvgIpc) is 2.30. The van der Waals surface area contributed by atoms with Gasteiger partial charge in [-0.25, -0.2) is 19.7 Å². The Bertz CT molecular complexity index is 705. The lowest BCUT2D eigenvalue weighted by atomic mass is 10.2. The highest BCUT2D eigenvalue weighted by Gasteiger charge is 2.07. The molecular weight excluding hydrogens is 194 g/mol. The predicted molar refractivity (Wildman–Crippen MR) is 53.4 cm³/mol. The van der Waals surface area contributed by atoms with Crippen LogP contribution in [0.2, 0.25) is 0 Å². The van der Waals surface area contributed by atoms with E-state index in [1.54, 1.807) is 18.3 Å². The number of hydrogen-bond donors (Lipinski definition) is 0. The minimum atomic E-state index is -0.465. The molecule has 0 radical (unpaired) electrons. The van der Waals surface area contributed by atoms with Crippen molar-refractivity contribution in [2.75, 3.05) is 0 Å². The number of aromatic nitrogens is 3. The lowest BCUT2D eigenvalue weighted by Gasteiger charge is -1.98. The van der Waals surface area contributed by atoms with Gasteiger partial charge in [-0.15, -0.1) is 0 Å². The van der Waals surface area contributed by atoms with Gasteiger partial charge < -0.3 is 4.42 Å². The van der Waals surface area contributed by atoms with Crippen molar-refractivity contribution in [2.24, 2.45) is 0 Å². The van der Waals surface area contributed by atoms with Crippen molar-refractivity contribution < 1.29 is 4.42 Å². The van der Waals surface area contributed by atoms with E-state index >= 15 is 0 Å². The van der Waals surface area contributed by atoms with Crippen molar-refractivity contribution in [3.05, 3.63) is 41.3 Å². The molecule has 0 aromatic carbocycles. The normalized spacial score (nSPS) is 10.9. The van der Waals surface area contributed by atoms with Crippen molar-refractivity contribution in [1.82, 2.24) is 15.0 Å². The Hall–Kier alpha value is -2.30. The Balaban J connectivity index is 2.70. The van der Waals surface area contributed by atoms with Crippen LogP contribution in [0.5, 0.6) is 0 Å². The summed E-state index contributed by atoms with van der Waals surface area (Å²) in [5.41, 5.74) is 0.812. The zero-order valence-electron chi connectivity index (χ0n) is 7.54. The number of nitrogens with zero attached hydrogens (tertiary/aromatic N) is 3. The van der Waals surface area contributed by atoms with Gasteiger partial charge in [-0.05, 0) is 12.1 Å². The fourth-order valence-corrected chi connectivity index (χ4v) is 1.50. The molecule has 3 rings (SSSR count). The molecule has 5 heteroatoms. The smallest absolute Gasteiger partial charge is 0.363 e. The van der Waals surface area contributed by atoms with Crippen LogP contribution in [0, 0.1) is 0 Å². The van der Waals surface area contributed by atoms with Gasteiger partial charge in [0.25, 0.3) is 0 Å². The quantitative estimate of drug-likeness (QED) is 0.507. The Kier molecular flexibility index (Phi) is 1.53. The number of hydrogen-bond acceptors (Lipinski definition) is 5. The van der Waals surface area contributed by atoms with E-state index in [9.17, 15) is 4.79 Å². The molecule has 0 amide bonds. The third-order valence-electron chi connectivity index (χ3n) is 2.14. The van der Waals surface area contributed by atoms with Crippen LogP contribution < -0.4 is 5.63 Å². The summed E-state index contributed by atoms with van der Waals surface area (Å²) in [5.74, 6) is 0. The first-order valence-electron chi connectivity index (χ1n) is 4.34. The van der Waals surface area contributed by atoms with Gasteiger partial charge in [0.15, 0.2) is 11.1 Å². The number of pyridine rings is 1. The van der Waals surface area contributed by atoms with E-state index in [1.807, 2.05) is 0 Å². The summed E-state index contributed by atoms with van der Waals surface area (Å²) in [5, 5.41) is 0.686. The molecule has 0 bridgehead atoms. The highest BCUT2D eigenvalue weighted by Crippen LogP contribution is 2.17. The Morgan fingerprint density at radius 1 is 1.20 bits per heavy atom. The third-order valence-corrected chi connectivity index (χ3v) is 2.14. The highest BCUT2D eigenvalue weighted by atomic mass is 16.4. The Labute approximate surface area is 83.4 Å². The lowest BCUT2D eigenvalue weighted by molar-refractivity contribution is 0.565. The second kappa shape index (κ2) is 2.84. The van der Waals surface area contributed by atoms with E-state index in [-0.39, 0.29) is 0 Å². The van der Waals surface area contributed by atoms with Crippen LogP contribution in [0.25, 0.3) is 22.0 Å². The van der Waals surface area contributed by atoms with Crippen LogP contribution in [-0.2, 0) is 0 Å². The van der Waals surface area contributed by atoms with Crippen molar-refractivity contribution in [1.29, 1.82) is 0 Å². The van der Waals surface area contributed by atoms with Gasteiger partial charge >= 0.3 is 5.63 Å². The molecule has 0 aliphatic carbocycles. The average molecular weight is 199 g/mol. The molecule has 0 spiro atoms. The first-order valence-corrected chi connectivity index (χ1v) is 4.34. The van der Waals surface area contributed by atoms with Crippen molar-refractivity contribution in [3.8, 4) is 0 Å². The maximum absolute atomic E-state index is 11.5. The van der Waals surface area contributed by atoms with Crippen LogP contribution in [0.1, 0.15) is 0 Å². The van der Waals surface area contributed by atoms with E-state index in [0.717, 1.165) is 0 Å². The molecule has 0 N–H and O–H groups in total. The molecule has 72 valence electrons. The summed E-state index contributed by atoms with van der Waals surface area (Å²) >= 11 is 0. The van der Waals surface area contributed by atoms with Crippen LogP contribution in [-0.4, -0.2) is 15.0 Å². The molecule has 5 nitrogen and oxygen atoms in total. The standard InChI is InChI=1S/C10H5N3O2/c14-10-9-6(2-1-3-12-9)8-7(15-10)4-11-5-13-8/h1-5H. The lowest BCUT2D eigenvalue weighted by Crippen LogP contribution is -2.02. The topological polar surface area (TPSA) is 68.9 Å². The van der Waals surface area contributed by atoms with E-state index in [2.05, 4.69) is 15.0 Å². The monoisotopic (exact) mass is 199 g/mol. The van der Waals surface area contributed by atoms with Gasteiger partial charge in [0, 0.05) is 11.6 Å². The summed E-state index contributed by atoms with van der Waals surface area (Å²) in [7, 11) is 0. The third kappa shape index (κ3) is 1.10. The van der Waals surface area contributed by atoms with E-state index in [0.29, 0.717) is 22.0 Å². The molecule has 0 unspecified atom stereocenters. The van der Waals surface area contributed by atoms with E-state index in [1.165, 1.54) is 12.5 Å². The predicted octanol–water partition coefficient (Wildman–Crippen LogP) is 1.13. The van der Waals surface area contributed by atoms with Crippen LogP contribution in [0.3, 0.4) is 0 Å². The molecule has 0 fully saturated rings. The Morgan fingerprint density at radius 2 is 2.13 bits per heavy atom. The van der Waals surface area contributed by atoms with Gasteiger partial charge in [-0.2, -0.15) is 0 Å². The fraction of sp³-hybridized carbons (Fsp3) is 0. The van der Waals surface area contributed by atoms with Gasteiger partial charge in [0.2, 0.25) is 0 Å². The second-order valence-electron chi connectivity index (χ2n) is 3.02. The molecule has 3 aromatic heterocycles. The maximum Gasteiger partial charge on any atom is 0.363 e. The van der Waals surface area contributed by atoms with E-state index in [4.69, 9.17) is 4.42 Å². The first kappa shape index (κ1) is 8.05. The zero-order chi connectivity index (χ0) is 10.3. The summed E-state index contributed by atoms with van der Waals surface area (Å²) in [6.45, 7) is 0. The minimum absolute atomic E-state index is 0.295. The van der Waals surface area contributed by atoms with Crippen molar-refractivity contribution in [2.45, 2.75) is 0 Å². The van der Waals surface area contributed by atoms with Gasteiger partial charge in [0.05, 0.1) is 6.20 Å². The molecule has 0 saturated heterocycles. The summed E-state index contributed by atoms with van der Waals surface area (Å²) in [4.78, 5) is 23.3. The van der Waals surface area contributed by atoms with E-state index < -0.39 is 5.63 Å². The number of fused-ring (bicyclic) bond motifs is 3.